The summed E-state index contributed by atoms with van der Waals surface area (Å²) < 4.78 is 5.73. The highest BCUT2D eigenvalue weighted by atomic mass is 16.5. The van der Waals surface area contributed by atoms with Gasteiger partial charge in [-0.15, -0.1) is 0 Å². The van der Waals surface area contributed by atoms with Gasteiger partial charge in [0.15, 0.2) is 0 Å². The summed E-state index contributed by atoms with van der Waals surface area (Å²) in [6.45, 7) is 9.22. The summed E-state index contributed by atoms with van der Waals surface area (Å²) in [5.74, 6) is 0.454. The van der Waals surface area contributed by atoms with E-state index in [1.165, 1.54) is 0 Å². The largest absolute Gasteiger partial charge is 0.374 e. The zero-order chi connectivity index (χ0) is 16.7. The first-order valence-corrected chi connectivity index (χ1v) is 8.42. The number of ether oxygens (including phenoxy) is 1. The SMILES string of the molecule is CC(C)CNC(=O)c1cccc(CNC[C@@H]2CN(C)CCO2)c1. The Labute approximate surface area is 139 Å². The Bertz CT molecular complexity index is 505. The lowest BCUT2D eigenvalue weighted by molar-refractivity contribution is -0.0182. The van der Waals surface area contributed by atoms with Gasteiger partial charge < -0.3 is 20.3 Å². The molecule has 1 aromatic rings. The lowest BCUT2D eigenvalue weighted by Crippen LogP contribution is -2.44. The molecule has 1 fully saturated rings. The number of hydrogen-bond donors (Lipinski definition) is 2. The normalized spacial score (nSPS) is 19.0. The van der Waals surface area contributed by atoms with Crippen LogP contribution >= 0.6 is 0 Å². The molecule has 1 atom stereocenters. The van der Waals surface area contributed by atoms with Gasteiger partial charge in [-0.3, -0.25) is 4.79 Å². The van der Waals surface area contributed by atoms with E-state index in [1.54, 1.807) is 0 Å². The highest BCUT2D eigenvalue weighted by Crippen LogP contribution is 2.07. The molecule has 1 aromatic carbocycles. The Hall–Kier alpha value is -1.43. The van der Waals surface area contributed by atoms with Gasteiger partial charge in [0.05, 0.1) is 12.7 Å². The van der Waals surface area contributed by atoms with Crippen molar-refractivity contribution in [1.82, 2.24) is 15.5 Å². The third kappa shape index (κ3) is 6.29. The van der Waals surface area contributed by atoms with Crippen molar-refractivity contribution in [2.75, 3.05) is 39.8 Å². The number of morpholine rings is 1. The Kier molecular flexibility index (Phi) is 7.02. The van der Waals surface area contributed by atoms with Gasteiger partial charge in [0, 0.05) is 38.3 Å². The molecular formula is C18H29N3O2. The molecule has 1 aliphatic rings. The topological polar surface area (TPSA) is 53.6 Å². The molecule has 2 N–H and O–H groups in total. The second-order valence-electron chi connectivity index (χ2n) is 6.69. The second-order valence-corrected chi connectivity index (χ2v) is 6.69. The van der Waals surface area contributed by atoms with E-state index >= 15 is 0 Å². The number of likely N-dealkylation sites (N-methyl/N-ethyl adjacent to an activating group) is 1. The van der Waals surface area contributed by atoms with Crippen LogP contribution in [0.5, 0.6) is 0 Å². The van der Waals surface area contributed by atoms with Crippen LogP contribution in [0.1, 0.15) is 29.8 Å². The Morgan fingerprint density at radius 3 is 3.00 bits per heavy atom. The van der Waals surface area contributed by atoms with Crippen molar-refractivity contribution in [2.45, 2.75) is 26.5 Å². The van der Waals surface area contributed by atoms with E-state index in [1.807, 2.05) is 24.3 Å². The zero-order valence-electron chi connectivity index (χ0n) is 14.5. The molecule has 2 rings (SSSR count). The van der Waals surface area contributed by atoms with E-state index in [9.17, 15) is 4.79 Å². The van der Waals surface area contributed by atoms with Crippen molar-refractivity contribution < 1.29 is 9.53 Å². The highest BCUT2D eigenvalue weighted by Gasteiger charge is 2.16. The number of amides is 1. The minimum absolute atomic E-state index is 0.00205. The van der Waals surface area contributed by atoms with Crippen molar-refractivity contribution in [3.05, 3.63) is 35.4 Å². The van der Waals surface area contributed by atoms with Gasteiger partial charge in [0.2, 0.25) is 0 Å². The average Bonchev–Trinajstić information content (AvgIpc) is 2.53. The van der Waals surface area contributed by atoms with E-state index in [0.717, 1.165) is 43.9 Å². The van der Waals surface area contributed by atoms with E-state index in [-0.39, 0.29) is 12.0 Å². The Morgan fingerprint density at radius 2 is 2.26 bits per heavy atom. The molecule has 128 valence electrons. The van der Waals surface area contributed by atoms with Crippen LogP contribution in [0.3, 0.4) is 0 Å². The molecule has 0 spiro atoms. The van der Waals surface area contributed by atoms with Crippen molar-refractivity contribution in [3.63, 3.8) is 0 Å². The van der Waals surface area contributed by atoms with Crippen molar-refractivity contribution >= 4 is 5.91 Å². The predicted octanol–water partition coefficient (Wildman–Crippen LogP) is 1.49. The van der Waals surface area contributed by atoms with E-state index in [4.69, 9.17) is 4.74 Å². The highest BCUT2D eigenvalue weighted by molar-refractivity contribution is 5.94. The molecule has 0 aliphatic carbocycles. The third-order valence-electron chi connectivity index (χ3n) is 3.90. The van der Waals surface area contributed by atoms with Crippen LogP contribution in [0.25, 0.3) is 0 Å². The lowest BCUT2D eigenvalue weighted by atomic mass is 10.1. The zero-order valence-corrected chi connectivity index (χ0v) is 14.5. The summed E-state index contributed by atoms with van der Waals surface area (Å²) in [5.41, 5.74) is 1.84. The number of benzene rings is 1. The first kappa shape index (κ1) is 17.9. The number of nitrogens with one attached hydrogen (secondary N) is 2. The van der Waals surface area contributed by atoms with Crippen LogP contribution < -0.4 is 10.6 Å². The molecule has 23 heavy (non-hydrogen) atoms. The van der Waals surface area contributed by atoms with Gasteiger partial charge >= 0.3 is 0 Å². The summed E-state index contributed by atoms with van der Waals surface area (Å²) in [5, 5.41) is 6.38. The number of carbonyl (C=O) groups is 1. The molecule has 5 heteroatoms. The summed E-state index contributed by atoms with van der Waals surface area (Å²) >= 11 is 0. The van der Waals surface area contributed by atoms with Crippen LogP contribution in [0, 0.1) is 5.92 Å². The van der Waals surface area contributed by atoms with Gasteiger partial charge in [-0.05, 0) is 30.7 Å². The molecule has 1 heterocycles. The smallest absolute Gasteiger partial charge is 0.251 e. The number of carbonyl (C=O) groups excluding carboxylic acids is 1. The van der Waals surface area contributed by atoms with Crippen LogP contribution in [0.2, 0.25) is 0 Å². The molecule has 0 radical (unpaired) electrons. The van der Waals surface area contributed by atoms with Gasteiger partial charge in [0.25, 0.3) is 5.91 Å². The minimum atomic E-state index is -0.00205. The molecule has 0 aromatic heterocycles. The summed E-state index contributed by atoms with van der Waals surface area (Å²) in [6, 6.07) is 7.79. The van der Waals surface area contributed by atoms with Crippen LogP contribution in [-0.2, 0) is 11.3 Å². The fourth-order valence-electron chi connectivity index (χ4n) is 2.59. The van der Waals surface area contributed by atoms with E-state index in [2.05, 4.69) is 36.4 Å². The standard InChI is InChI=1S/C18H29N3O2/c1-14(2)10-20-18(22)16-6-4-5-15(9-16)11-19-12-17-13-21(3)7-8-23-17/h4-6,9,14,17,19H,7-8,10-13H2,1-3H3,(H,20,22)/t17-/m1/s1. The van der Waals surface area contributed by atoms with Crippen molar-refractivity contribution in [2.24, 2.45) is 5.92 Å². The first-order chi connectivity index (χ1) is 11.0. The molecule has 0 saturated carbocycles. The summed E-state index contributed by atoms with van der Waals surface area (Å²) in [7, 11) is 2.12. The Balaban J connectivity index is 1.79. The van der Waals surface area contributed by atoms with Crippen LogP contribution in [0.4, 0.5) is 0 Å². The average molecular weight is 319 g/mol. The second kappa shape index (κ2) is 9.01. The molecule has 1 saturated heterocycles. The maximum atomic E-state index is 12.1. The molecule has 5 nitrogen and oxygen atoms in total. The quantitative estimate of drug-likeness (QED) is 0.799. The molecule has 0 unspecified atom stereocenters. The van der Waals surface area contributed by atoms with Crippen LogP contribution in [0.15, 0.2) is 24.3 Å². The van der Waals surface area contributed by atoms with Crippen LogP contribution in [-0.4, -0.2) is 56.7 Å². The first-order valence-electron chi connectivity index (χ1n) is 8.42. The number of hydrogen-bond acceptors (Lipinski definition) is 4. The predicted molar refractivity (Wildman–Crippen MR) is 92.6 cm³/mol. The number of rotatable bonds is 7. The lowest BCUT2D eigenvalue weighted by Gasteiger charge is -2.30. The fraction of sp³-hybridized carbons (Fsp3) is 0.611. The molecular weight excluding hydrogens is 290 g/mol. The fourth-order valence-corrected chi connectivity index (χ4v) is 2.59. The summed E-state index contributed by atoms with van der Waals surface area (Å²) in [6.07, 6.45) is 0.242. The molecule has 0 bridgehead atoms. The van der Waals surface area contributed by atoms with Gasteiger partial charge in [-0.25, -0.2) is 0 Å². The van der Waals surface area contributed by atoms with Gasteiger partial charge in [0.1, 0.15) is 0 Å². The van der Waals surface area contributed by atoms with Crippen molar-refractivity contribution in [1.29, 1.82) is 0 Å². The molecule has 1 aliphatic heterocycles. The van der Waals surface area contributed by atoms with E-state index < -0.39 is 0 Å². The molecule has 1 amide bonds. The summed E-state index contributed by atoms with van der Waals surface area (Å²) in [4.78, 5) is 14.4. The third-order valence-corrected chi connectivity index (χ3v) is 3.90. The van der Waals surface area contributed by atoms with Gasteiger partial charge in [-0.1, -0.05) is 26.0 Å². The van der Waals surface area contributed by atoms with Crippen molar-refractivity contribution in [3.8, 4) is 0 Å². The number of nitrogens with zero attached hydrogens (tertiary/aromatic N) is 1. The monoisotopic (exact) mass is 319 g/mol. The maximum Gasteiger partial charge on any atom is 0.251 e. The Morgan fingerprint density at radius 1 is 1.43 bits per heavy atom. The maximum absolute atomic E-state index is 12.1. The van der Waals surface area contributed by atoms with E-state index in [0.29, 0.717) is 12.5 Å². The van der Waals surface area contributed by atoms with Gasteiger partial charge in [-0.2, -0.15) is 0 Å². The minimum Gasteiger partial charge on any atom is -0.374 e.